The van der Waals surface area contributed by atoms with E-state index in [1.807, 2.05) is 0 Å². The molecule has 1 aliphatic heterocycles. The molecule has 126 valence electrons. The Labute approximate surface area is 139 Å². The molecular formula is C18H19F2N3O. The highest BCUT2D eigenvalue weighted by Crippen LogP contribution is 2.28. The van der Waals surface area contributed by atoms with Crippen LogP contribution in [0.25, 0.3) is 0 Å². The van der Waals surface area contributed by atoms with Gasteiger partial charge in [-0.05, 0) is 42.7 Å². The Kier molecular flexibility index (Phi) is 4.74. The second-order valence-electron chi connectivity index (χ2n) is 6.11. The topological polar surface area (TPSA) is 59.2 Å². The third kappa shape index (κ3) is 3.69. The number of carbonyl (C=O) groups is 1. The molecule has 24 heavy (non-hydrogen) atoms. The maximum absolute atomic E-state index is 13.4. The summed E-state index contributed by atoms with van der Waals surface area (Å²) in [5.41, 5.74) is 7.55. The molecule has 1 saturated heterocycles. The van der Waals surface area contributed by atoms with Gasteiger partial charge in [0.05, 0.1) is 18.3 Å². The largest absolute Gasteiger partial charge is 0.397 e. The molecule has 0 saturated carbocycles. The number of benzene rings is 1. The quantitative estimate of drug-likeness (QED) is 0.941. The van der Waals surface area contributed by atoms with Crippen LogP contribution in [-0.2, 0) is 11.2 Å². The molecule has 1 aliphatic rings. The standard InChI is InChI=1S/C18H19F2N3O/c19-16-6-3-12(8-17(16)20)13-2-1-7-23(11-13)18(24)9-15-5-4-14(21)10-22-15/h3-6,8,10,13H,1-2,7,9,11,21H2. The first kappa shape index (κ1) is 16.4. The average molecular weight is 331 g/mol. The van der Waals surface area contributed by atoms with Crippen molar-refractivity contribution in [1.29, 1.82) is 0 Å². The van der Waals surface area contributed by atoms with E-state index in [4.69, 9.17) is 5.73 Å². The normalized spacial score (nSPS) is 17.8. The number of hydrogen-bond acceptors (Lipinski definition) is 3. The van der Waals surface area contributed by atoms with Crippen molar-refractivity contribution in [3.63, 3.8) is 0 Å². The Bertz CT molecular complexity index is 734. The Hall–Kier alpha value is -2.50. The molecule has 0 bridgehead atoms. The molecule has 1 amide bonds. The number of nitrogen functional groups attached to an aromatic ring is 1. The van der Waals surface area contributed by atoms with Crippen LogP contribution in [0.2, 0.25) is 0 Å². The first-order valence-corrected chi connectivity index (χ1v) is 7.96. The van der Waals surface area contributed by atoms with Crippen molar-refractivity contribution in [1.82, 2.24) is 9.88 Å². The van der Waals surface area contributed by atoms with Crippen molar-refractivity contribution in [3.8, 4) is 0 Å². The molecule has 3 rings (SSSR count). The molecule has 1 fully saturated rings. The number of pyridine rings is 1. The zero-order valence-corrected chi connectivity index (χ0v) is 13.2. The molecule has 6 heteroatoms. The summed E-state index contributed by atoms with van der Waals surface area (Å²) in [6.45, 7) is 1.19. The fraction of sp³-hybridized carbons (Fsp3) is 0.333. The van der Waals surface area contributed by atoms with Crippen LogP contribution >= 0.6 is 0 Å². The Balaban J connectivity index is 1.67. The molecule has 1 unspecified atom stereocenters. The Morgan fingerprint density at radius 2 is 2.08 bits per heavy atom. The lowest BCUT2D eigenvalue weighted by Crippen LogP contribution is -2.40. The van der Waals surface area contributed by atoms with Crippen molar-refractivity contribution in [2.45, 2.75) is 25.2 Å². The number of piperidine rings is 1. The third-order valence-electron chi connectivity index (χ3n) is 4.37. The SMILES string of the molecule is Nc1ccc(CC(=O)N2CCCC(c3ccc(F)c(F)c3)C2)nc1. The molecule has 0 aliphatic carbocycles. The summed E-state index contributed by atoms with van der Waals surface area (Å²) in [4.78, 5) is 18.4. The van der Waals surface area contributed by atoms with Crippen molar-refractivity contribution >= 4 is 11.6 Å². The van der Waals surface area contributed by atoms with Gasteiger partial charge in [-0.2, -0.15) is 0 Å². The predicted molar refractivity (Wildman–Crippen MR) is 87.3 cm³/mol. The number of aromatic nitrogens is 1. The van der Waals surface area contributed by atoms with E-state index in [1.165, 1.54) is 12.3 Å². The number of nitrogens with two attached hydrogens (primary N) is 1. The van der Waals surface area contributed by atoms with Gasteiger partial charge in [0.2, 0.25) is 5.91 Å². The van der Waals surface area contributed by atoms with Gasteiger partial charge in [-0.15, -0.1) is 0 Å². The van der Waals surface area contributed by atoms with Crippen LogP contribution in [0.4, 0.5) is 14.5 Å². The summed E-state index contributed by atoms with van der Waals surface area (Å²) in [5, 5.41) is 0. The number of hydrogen-bond donors (Lipinski definition) is 1. The lowest BCUT2D eigenvalue weighted by Gasteiger charge is -2.33. The number of halogens is 2. The molecule has 2 aromatic rings. The number of rotatable bonds is 3. The number of carbonyl (C=O) groups excluding carboxylic acids is 1. The second kappa shape index (κ2) is 6.95. The lowest BCUT2D eigenvalue weighted by molar-refractivity contribution is -0.131. The number of likely N-dealkylation sites (tertiary alicyclic amines) is 1. The molecule has 1 atom stereocenters. The summed E-state index contributed by atoms with van der Waals surface area (Å²) in [6, 6.07) is 7.43. The molecular weight excluding hydrogens is 312 g/mol. The van der Waals surface area contributed by atoms with Gasteiger partial charge in [0.1, 0.15) is 0 Å². The van der Waals surface area contributed by atoms with Gasteiger partial charge >= 0.3 is 0 Å². The van der Waals surface area contributed by atoms with E-state index in [9.17, 15) is 13.6 Å². The fourth-order valence-corrected chi connectivity index (χ4v) is 3.05. The minimum Gasteiger partial charge on any atom is -0.397 e. The van der Waals surface area contributed by atoms with Gasteiger partial charge in [-0.3, -0.25) is 9.78 Å². The first-order chi connectivity index (χ1) is 11.5. The van der Waals surface area contributed by atoms with Crippen LogP contribution in [0, 0.1) is 11.6 Å². The van der Waals surface area contributed by atoms with E-state index in [0.29, 0.717) is 24.5 Å². The van der Waals surface area contributed by atoms with Crippen LogP contribution in [0.15, 0.2) is 36.5 Å². The second-order valence-corrected chi connectivity index (χ2v) is 6.11. The van der Waals surface area contributed by atoms with Crippen molar-refractivity contribution in [3.05, 3.63) is 59.4 Å². The highest BCUT2D eigenvalue weighted by Gasteiger charge is 2.25. The van der Waals surface area contributed by atoms with Gasteiger partial charge in [0, 0.05) is 24.7 Å². The maximum Gasteiger partial charge on any atom is 0.228 e. The highest BCUT2D eigenvalue weighted by atomic mass is 19.2. The van der Waals surface area contributed by atoms with E-state index < -0.39 is 11.6 Å². The van der Waals surface area contributed by atoms with E-state index in [2.05, 4.69) is 4.98 Å². The van der Waals surface area contributed by atoms with E-state index >= 15 is 0 Å². The van der Waals surface area contributed by atoms with Crippen molar-refractivity contribution in [2.24, 2.45) is 0 Å². The summed E-state index contributed by atoms with van der Waals surface area (Å²) in [7, 11) is 0. The summed E-state index contributed by atoms with van der Waals surface area (Å²) < 4.78 is 26.5. The molecule has 0 radical (unpaired) electrons. The fourth-order valence-electron chi connectivity index (χ4n) is 3.05. The van der Waals surface area contributed by atoms with E-state index in [1.54, 1.807) is 23.1 Å². The Morgan fingerprint density at radius 3 is 2.79 bits per heavy atom. The predicted octanol–water partition coefficient (Wildman–Crippen LogP) is 2.89. The summed E-state index contributed by atoms with van der Waals surface area (Å²) >= 11 is 0. The van der Waals surface area contributed by atoms with Gasteiger partial charge in [-0.25, -0.2) is 8.78 Å². The van der Waals surface area contributed by atoms with Crippen LogP contribution in [-0.4, -0.2) is 28.9 Å². The van der Waals surface area contributed by atoms with Gasteiger partial charge in [0.25, 0.3) is 0 Å². The minimum absolute atomic E-state index is 0.0143. The monoisotopic (exact) mass is 331 g/mol. The summed E-state index contributed by atoms with van der Waals surface area (Å²) in [5.74, 6) is -1.68. The molecule has 4 nitrogen and oxygen atoms in total. The zero-order chi connectivity index (χ0) is 17.1. The first-order valence-electron chi connectivity index (χ1n) is 7.96. The zero-order valence-electron chi connectivity index (χ0n) is 13.2. The van der Waals surface area contributed by atoms with Gasteiger partial charge < -0.3 is 10.6 Å². The Morgan fingerprint density at radius 1 is 1.25 bits per heavy atom. The van der Waals surface area contributed by atoms with Gasteiger partial charge in [0.15, 0.2) is 11.6 Å². The van der Waals surface area contributed by atoms with E-state index in [-0.39, 0.29) is 18.2 Å². The third-order valence-corrected chi connectivity index (χ3v) is 4.37. The molecule has 1 aromatic carbocycles. The van der Waals surface area contributed by atoms with Crippen LogP contribution in [0.5, 0.6) is 0 Å². The van der Waals surface area contributed by atoms with Gasteiger partial charge in [-0.1, -0.05) is 6.07 Å². The molecule has 1 aromatic heterocycles. The highest BCUT2D eigenvalue weighted by molar-refractivity contribution is 5.78. The van der Waals surface area contributed by atoms with Crippen LogP contribution in [0.3, 0.4) is 0 Å². The minimum atomic E-state index is -0.850. The number of anilines is 1. The number of amides is 1. The van der Waals surface area contributed by atoms with Crippen molar-refractivity contribution < 1.29 is 13.6 Å². The average Bonchev–Trinajstić information content (AvgIpc) is 2.59. The molecule has 0 spiro atoms. The van der Waals surface area contributed by atoms with Crippen LogP contribution < -0.4 is 5.73 Å². The van der Waals surface area contributed by atoms with Crippen molar-refractivity contribution in [2.75, 3.05) is 18.8 Å². The van der Waals surface area contributed by atoms with E-state index in [0.717, 1.165) is 24.5 Å². The molecule has 2 N–H and O–H groups in total. The lowest BCUT2D eigenvalue weighted by atomic mass is 9.90. The van der Waals surface area contributed by atoms with Crippen LogP contribution in [0.1, 0.15) is 30.0 Å². The molecule has 2 heterocycles. The summed E-state index contributed by atoms with van der Waals surface area (Å²) in [6.07, 6.45) is 3.44. The smallest absolute Gasteiger partial charge is 0.228 e. The maximum atomic E-state index is 13.4. The number of nitrogens with zero attached hydrogens (tertiary/aromatic N) is 2.